The first-order chi connectivity index (χ1) is 15.9. The molecule has 0 aliphatic rings. The fraction of sp³-hybridized carbons (Fsp3) is 0.870. The van der Waals surface area contributed by atoms with E-state index in [1.807, 2.05) is 0 Å². The molecule has 0 aromatic rings. The van der Waals surface area contributed by atoms with Crippen molar-refractivity contribution in [1.29, 1.82) is 0 Å². The van der Waals surface area contributed by atoms with Crippen LogP contribution in [0.4, 0.5) is 0 Å². The van der Waals surface area contributed by atoms with E-state index < -0.39 is 26.0 Å². The molecule has 1 amide bonds. The molecule has 0 aliphatic heterocycles. The number of amides is 1. The topological polar surface area (TPSA) is 158 Å². The first-order valence-electron chi connectivity index (χ1n) is 12.4. The van der Waals surface area contributed by atoms with Crippen LogP contribution in [0.1, 0.15) is 96.8 Å². The van der Waals surface area contributed by atoms with E-state index >= 15 is 0 Å². The molecule has 0 saturated heterocycles. The molecule has 0 unspecified atom stereocenters. The SMILES string of the molecule is CCCCCCCC/C=C\CCCCCCCC(=O)N(C)CCS(=O)(=O)[O-].NCCS(=O)(=O)O.[Na+]. The number of carbonyl (C=O) groups is 1. The van der Waals surface area contributed by atoms with Gasteiger partial charge in [-0.3, -0.25) is 9.35 Å². The normalized spacial score (nSPS) is 11.6. The Morgan fingerprint density at radius 1 is 0.857 bits per heavy atom. The number of unbranched alkanes of at least 4 members (excludes halogenated alkanes) is 11. The van der Waals surface area contributed by atoms with Gasteiger partial charge in [0.05, 0.1) is 21.6 Å². The van der Waals surface area contributed by atoms with Crippen LogP contribution in [0.15, 0.2) is 12.2 Å². The van der Waals surface area contributed by atoms with Gasteiger partial charge in [0.15, 0.2) is 0 Å². The fourth-order valence-corrected chi connectivity index (χ4v) is 3.86. The summed E-state index contributed by atoms with van der Waals surface area (Å²) in [5.74, 6) is -0.953. The van der Waals surface area contributed by atoms with Crippen molar-refractivity contribution in [3.8, 4) is 0 Å². The van der Waals surface area contributed by atoms with Crippen molar-refractivity contribution in [2.75, 3.05) is 31.6 Å². The third kappa shape index (κ3) is 36.2. The number of nitrogens with two attached hydrogens (primary N) is 1. The van der Waals surface area contributed by atoms with E-state index in [0.717, 1.165) is 25.7 Å². The zero-order chi connectivity index (χ0) is 26.3. The van der Waals surface area contributed by atoms with E-state index in [0.29, 0.717) is 6.42 Å². The van der Waals surface area contributed by atoms with E-state index in [-0.39, 0.29) is 54.3 Å². The molecule has 0 aliphatic carbocycles. The van der Waals surface area contributed by atoms with E-state index in [4.69, 9.17) is 10.3 Å². The van der Waals surface area contributed by atoms with Gasteiger partial charge in [0.25, 0.3) is 10.1 Å². The third-order valence-corrected chi connectivity index (χ3v) is 6.56. The number of hydrogen-bond acceptors (Lipinski definition) is 7. The average Bonchev–Trinajstić information content (AvgIpc) is 2.73. The van der Waals surface area contributed by atoms with Crippen LogP contribution in [0.2, 0.25) is 0 Å². The van der Waals surface area contributed by atoms with E-state index in [1.165, 1.54) is 62.7 Å². The van der Waals surface area contributed by atoms with Crippen LogP contribution in [0.3, 0.4) is 0 Å². The summed E-state index contributed by atoms with van der Waals surface area (Å²) in [6.45, 7) is 2.20. The molecule has 0 fully saturated rings. The Bertz CT molecular complexity index is 730. The predicted octanol–water partition coefficient (Wildman–Crippen LogP) is 0.864. The van der Waals surface area contributed by atoms with Gasteiger partial charge in [0.1, 0.15) is 0 Å². The van der Waals surface area contributed by atoms with Crippen molar-refractivity contribution in [1.82, 2.24) is 4.90 Å². The minimum absolute atomic E-state index is 0. The van der Waals surface area contributed by atoms with Crippen LogP contribution in [0.5, 0.6) is 0 Å². The molecule has 0 heterocycles. The van der Waals surface area contributed by atoms with Crippen molar-refractivity contribution in [3.05, 3.63) is 12.2 Å². The van der Waals surface area contributed by atoms with Gasteiger partial charge in [-0.1, -0.05) is 70.4 Å². The Balaban J connectivity index is -0.00000111. The van der Waals surface area contributed by atoms with Crippen LogP contribution >= 0.6 is 0 Å². The number of hydrogen-bond donors (Lipinski definition) is 2. The van der Waals surface area contributed by atoms with Gasteiger partial charge in [0, 0.05) is 26.6 Å². The molecular weight excluding hydrogens is 503 g/mol. The van der Waals surface area contributed by atoms with Gasteiger partial charge in [0.2, 0.25) is 5.91 Å². The first-order valence-corrected chi connectivity index (χ1v) is 15.6. The minimum Gasteiger partial charge on any atom is -0.748 e. The molecule has 12 heteroatoms. The summed E-state index contributed by atoms with van der Waals surface area (Å²) >= 11 is 0. The van der Waals surface area contributed by atoms with Crippen LogP contribution in [0, 0.1) is 0 Å². The second-order valence-corrected chi connectivity index (χ2v) is 11.6. The molecule has 9 nitrogen and oxygen atoms in total. The van der Waals surface area contributed by atoms with Crippen molar-refractivity contribution >= 4 is 26.1 Å². The van der Waals surface area contributed by atoms with Gasteiger partial charge in [-0.15, -0.1) is 0 Å². The van der Waals surface area contributed by atoms with Gasteiger partial charge in [-0.05, 0) is 32.1 Å². The number of carbonyl (C=O) groups excluding carboxylic acids is 1. The maximum absolute atomic E-state index is 11.8. The summed E-state index contributed by atoms with van der Waals surface area (Å²) in [4.78, 5) is 13.2. The average molecular weight is 551 g/mol. The van der Waals surface area contributed by atoms with E-state index in [1.54, 1.807) is 7.05 Å². The largest absolute Gasteiger partial charge is 1.00 e. The third-order valence-electron chi connectivity index (χ3n) is 5.13. The minimum atomic E-state index is -4.25. The van der Waals surface area contributed by atoms with Crippen LogP contribution < -0.4 is 35.3 Å². The molecule has 0 saturated carbocycles. The number of rotatable bonds is 20. The molecule has 0 radical (unpaired) electrons. The van der Waals surface area contributed by atoms with Gasteiger partial charge < -0.3 is 15.2 Å². The van der Waals surface area contributed by atoms with E-state index in [9.17, 15) is 26.2 Å². The van der Waals surface area contributed by atoms with Crippen LogP contribution in [-0.2, 0) is 25.0 Å². The zero-order valence-corrected chi connectivity index (χ0v) is 25.8. The molecule has 0 aromatic carbocycles. The smallest absolute Gasteiger partial charge is 0.748 e. The molecule has 0 rings (SSSR count). The Labute approximate surface area is 236 Å². The van der Waals surface area contributed by atoms with Crippen molar-refractivity contribution < 1.29 is 60.3 Å². The van der Waals surface area contributed by atoms with Gasteiger partial charge in [-0.2, -0.15) is 8.42 Å². The maximum Gasteiger partial charge on any atom is 1.00 e. The predicted molar refractivity (Wildman–Crippen MR) is 137 cm³/mol. The quantitative estimate of drug-likeness (QED) is 0.0978. The van der Waals surface area contributed by atoms with Crippen molar-refractivity contribution in [3.63, 3.8) is 0 Å². The fourth-order valence-electron chi connectivity index (χ4n) is 3.06. The second kappa shape index (κ2) is 25.6. The Kier molecular flexibility index (Phi) is 28.9. The van der Waals surface area contributed by atoms with Crippen molar-refractivity contribution in [2.24, 2.45) is 5.73 Å². The zero-order valence-electron chi connectivity index (χ0n) is 22.1. The monoisotopic (exact) mass is 550 g/mol. The van der Waals surface area contributed by atoms with Gasteiger partial charge >= 0.3 is 29.6 Å². The molecular formula is C23H47N2NaO7S2. The molecule has 35 heavy (non-hydrogen) atoms. The number of nitrogens with zero attached hydrogens (tertiary/aromatic N) is 1. The molecule has 3 N–H and O–H groups in total. The summed E-state index contributed by atoms with van der Waals surface area (Å²) < 4.78 is 59.0. The molecule has 0 aromatic heterocycles. The maximum atomic E-state index is 11.8. The number of allylic oxidation sites excluding steroid dienone is 2. The first kappa shape index (κ1) is 39.5. The molecule has 0 atom stereocenters. The van der Waals surface area contributed by atoms with Crippen LogP contribution in [-0.4, -0.2) is 68.4 Å². The summed E-state index contributed by atoms with van der Waals surface area (Å²) in [6, 6.07) is 0. The Morgan fingerprint density at radius 2 is 1.31 bits per heavy atom. The van der Waals surface area contributed by atoms with Crippen molar-refractivity contribution in [2.45, 2.75) is 96.8 Å². The standard InChI is InChI=1S/C21H41NO4S.C2H7NO3S.Na/c1-3-4-5-6-7-8-9-10-11-12-13-14-15-16-17-18-21(23)22(2)19-20-27(24,25)26;3-1-2-7(4,5)6;/h10-11H,3-9,12-20H2,1-2H3,(H,24,25,26);1-3H2,(H,4,5,6);/q;;+1/p-1/b11-10-;;. The summed E-state index contributed by atoms with van der Waals surface area (Å²) in [7, 11) is -6.51. The Hall–Kier alpha value is -0.0100. The molecule has 0 bridgehead atoms. The summed E-state index contributed by atoms with van der Waals surface area (Å²) in [5.41, 5.74) is 4.78. The van der Waals surface area contributed by atoms with Crippen LogP contribution in [0.25, 0.3) is 0 Å². The Morgan fingerprint density at radius 3 is 1.71 bits per heavy atom. The summed E-state index contributed by atoms with van der Waals surface area (Å²) in [6.07, 6.45) is 20.8. The molecule has 0 spiro atoms. The van der Waals surface area contributed by atoms with Gasteiger partial charge in [-0.25, -0.2) is 8.42 Å². The van der Waals surface area contributed by atoms with E-state index in [2.05, 4.69) is 19.1 Å². The second-order valence-electron chi connectivity index (χ2n) is 8.49. The summed E-state index contributed by atoms with van der Waals surface area (Å²) in [5, 5.41) is 0. The molecule has 204 valence electrons.